The van der Waals surface area contributed by atoms with E-state index in [2.05, 4.69) is 20.8 Å². The van der Waals surface area contributed by atoms with Gasteiger partial charge in [0.15, 0.2) is 0 Å². The van der Waals surface area contributed by atoms with Gasteiger partial charge in [-0.2, -0.15) is 0 Å². The van der Waals surface area contributed by atoms with E-state index in [0.717, 1.165) is 0 Å². The minimum Gasteiger partial charge on any atom is -0.339 e. The lowest BCUT2D eigenvalue weighted by atomic mass is 9.95. The van der Waals surface area contributed by atoms with Gasteiger partial charge in [-0.15, -0.1) is 0 Å². The number of benzene rings is 1. The number of nitrogens with one attached hydrogen (secondary N) is 2. The molecule has 3 rings (SSSR count). The van der Waals surface area contributed by atoms with Gasteiger partial charge >= 0.3 is 0 Å². The number of likely N-dealkylation sites (tertiary alicyclic amines) is 1. The molecule has 2 aromatic rings. The SMILES string of the molecule is O=C(NNc1ncccn1)C1CCN(C(=O)c2ccc(F)cc2)CC1. The minimum atomic E-state index is -0.373. The molecule has 0 saturated carbocycles. The number of anilines is 1. The molecular formula is C17H18FN5O2. The highest BCUT2D eigenvalue weighted by Crippen LogP contribution is 2.19. The van der Waals surface area contributed by atoms with Crippen LogP contribution in [0.5, 0.6) is 0 Å². The normalized spacial score (nSPS) is 14.8. The van der Waals surface area contributed by atoms with Crippen molar-refractivity contribution in [3.05, 3.63) is 54.1 Å². The number of hydrogen-bond acceptors (Lipinski definition) is 5. The van der Waals surface area contributed by atoms with Crippen LogP contribution in [0.4, 0.5) is 10.3 Å². The summed E-state index contributed by atoms with van der Waals surface area (Å²) in [6, 6.07) is 7.16. The molecule has 2 N–H and O–H groups in total. The van der Waals surface area contributed by atoms with Gasteiger partial charge in [0.2, 0.25) is 11.9 Å². The Kier molecular flexibility index (Phi) is 5.17. The van der Waals surface area contributed by atoms with Crippen LogP contribution in [0.1, 0.15) is 23.2 Å². The average Bonchev–Trinajstić information content (AvgIpc) is 2.67. The predicted octanol–water partition coefficient (Wildman–Crippen LogP) is 1.61. The summed E-state index contributed by atoms with van der Waals surface area (Å²) < 4.78 is 12.9. The summed E-state index contributed by atoms with van der Waals surface area (Å²) in [6.07, 6.45) is 4.27. The molecular weight excluding hydrogens is 325 g/mol. The topological polar surface area (TPSA) is 87.2 Å². The van der Waals surface area contributed by atoms with Crippen molar-refractivity contribution >= 4 is 17.8 Å². The van der Waals surface area contributed by atoms with Crippen molar-refractivity contribution in [1.29, 1.82) is 0 Å². The lowest BCUT2D eigenvalue weighted by molar-refractivity contribution is -0.125. The van der Waals surface area contributed by atoms with Crippen LogP contribution in [0.25, 0.3) is 0 Å². The first-order valence-corrected chi connectivity index (χ1v) is 8.01. The fourth-order valence-corrected chi connectivity index (χ4v) is 2.70. The molecule has 8 heteroatoms. The first-order valence-electron chi connectivity index (χ1n) is 8.01. The second-order valence-corrected chi connectivity index (χ2v) is 5.76. The molecule has 7 nitrogen and oxygen atoms in total. The number of nitrogens with zero attached hydrogens (tertiary/aromatic N) is 3. The number of piperidine rings is 1. The molecule has 1 saturated heterocycles. The average molecular weight is 343 g/mol. The van der Waals surface area contributed by atoms with E-state index in [0.29, 0.717) is 37.4 Å². The van der Waals surface area contributed by atoms with Gasteiger partial charge in [0.1, 0.15) is 5.82 Å². The lowest BCUT2D eigenvalue weighted by Gasteiger charge is -2.31. The molecule has 1 aliphatic rings. The molecule has 25 heavy (non-hydrogen) atoms. The van der Waals surface area contributed by atoms with Crippen molar-refractivity contribution in [1.82, 2.24) is 20.3 Å². The van der Waals surface area contributed by atoms with Gasteiger partial charge in [-0.25, -0.2) is 14.4 Å². The van der Waals surface area contributed by atoms with Gasteiger partial charge in [0.25, 0.3) is 5.91 Å². The van der Waals surface area contributed by atoms with E-state index < -0.39 is 0 Å². The van der Waals surface area contributed by atoms with E-state index in [1.807, 2.05) is 0 Å². The number of halogens is 1. The van der Waals surface area contributed by atoms with E-state index >= 15 is 0 Å². The van der Waals surface area contributed by atoms with Gasteiger partial charge in [0, 0.05) is 37.0 Å². The predicted molar refractivity (Wildman–Crippen MR) is 88.8 cm³/mol. The van der Waals surface area contributed by atoms with E-state index in [-0.39, 0.29) is 23.5 Å². The fraction of sp³-hybridized carbons (Fsp3) is 0.294. The highest BCUT2D eigenvalue weighted by molar-refractivity contribution is 5.94. The standard InChI is InChI=1S/C17H18FN5O2/c18-14-4-2-13(3-5-14)16(25)23-10-6-12(7-11-23)15(24)21-22-17-19-8-1-9-20-17/h1-5,8-9,12H,6-7,10-11H2,(H,21,24)(H,19,20,22). The monoisotopic (exact) mass is 343 g/mol. The van der Waals surface area contributed by atoms with Gasteiger partial charge in [0.05, 0.1) is 0 Å². The van der Waals surface area contributed by atoms with Crippen molar-refractivity contribution in [2.24, 2.45) is 5.92 Å². The quantitative estimate of drug-likeness (QED) is 0.824. The molecule has 1 aromatic heterocycles. The smallest absolute Gasteiger partial charge is 0.253 e. The number of aromatic nitrogens is 2. The van der Waals surface area contributed by atoms with Crippen molar-refractivity contribution < 1.29 is 14.0 Å². The van der Waals surface area contributed by atoms with Crippen molar-refractivity contribution in [2.75, 3.05) is 18.5 Å². The Morgan fingerprint density at radius 2 is 1.72 bits per heavy atom. The summed E-state index contributed by atoms with van der Waals surface area (Å²) in [6.45, 7) is 0.965. The third-order valence-electron chi connectivity index (χ3n) is 4.11. The lowest BCUT2D eigenvalue weighted by Crippen LogP contribution is -2.44. The number of carbonyl (C=O) groups excluding carboxylic acids is 2. The van der Waals surface area contributed by atoms with Gasteiger partial charge in [-0.1, -0.05) is 0 Å². The van der Waals surface area contributed by atoms with Crippen molar-refractivity contribution in [3.8, 4) is 0 Å². The number of rotatable bonds is 4. The second-order valence-electron chi connectivity index (χ2n) is 5.76. The Bertz CT molecular complexity index is 730. The summed E-state index contributed by atoms with van der Waals surface area (Å²) in [7, 11) is 0. The molecule has 1 aromatic carbocycles. The highest BCUT2D eigenvalue weighted by Gasteiger charge is 2.27. The fourth-order valence-electron chi connectivity index (χ4n) is 2.70. The zero-order chi connectivity index (χ0) is 17.6. The summed E-state index contributed by atoms with van der Waals surface area (Å²) in [4.78, 5) is 34.1. The van der Waals surface area contributed by atoms with Crippen LogP contribution in [0.3, 0.4) is 0 Å². The van der Waals surface area contributed by atoms with Crippen molar-refractivity contribution in [3.63, 3.8) is 0 Å². The summed E-state index contributed by atoms with van der Waals surface area (Å²) in [5.41, 5.74) is 5.71. The Morgan fingerprint density at radius 3 is 2.36 bits per heavy atom. The first-order chi connectivity index (χ1) is 12.1. The number of amides is 2. The molecule has 0 bridgehead atoms. The molecule has 0 unspecified atom stereocenters. The maximum absolute atomic E-state index is 12.9. The molecule has 0 aliphatic carbocycles. The maximum Gasteiger partial charge on any atom is 0.253 e. The summed E-state index contributed by atoms with van der Waals surface area (Å²) >= 11 is 0. The van der Waals surface area contributed by atoms with Crippen LogP contribution in [-0.4, -0.2) is 39.8 Å². The molecule has 2 amide bonds. The number of carbonyl (C=O) groups is 2. The zero-order valence-corrected chi connectivity index (χ0v) is 13.5. The molecule has 1 aliphatic heterocycles. The van der Waals surface area contributed by atoms with E-state index in [1.165, 1.54) is 24.3 Å². The van der Waals surface area contributed by atoms with Gasteiger partial charge in [-0.05, 0) is 43.2 Å². The van der Waals surface area contributed by atoms with Crippen LogP contribution >= 0.6 is 0 Å². The Hall–Kier alpha value is -3.03. The molecule has 0 radical (unpaired) electrons. The Balaban J connectivity index is 1.48. The molecule has 0 atom stereocenters. The largest absolute Gasteiger partial charge is 0.339 e. The van der Waals surface area contributed by atoms with Crippen LogP contribution in [0, 0.1) is 11.7 Å². The van der Waals surface area contributed by atoms with Gasteiger partial charge in [-0.3, -0.25) is 20.4 Å². The first kappa shape index (κ1) is 16.8. The van der Waals surface area contributed by atoms with Crippen LogP contribution in [-0.2, 0) is 4.79 Å². The zero-order valence-electron chi connectivity index (χ0n) is 13.5. The number of hydrogen-bond donors (Lipinski definition) is 2. The van der Waals surface area contributed by atoms with Gasteiger partial charge < -0.3 is 4.90 Å². The molecule has 130 valence electrons. The maximum atomic E-state index is 12.9. The Labute approximate surface area is 144 Å². The highest BCUT2D eigenvalue weighted by atomic mass is 19.1. The van der Waals surface area contributed by atoms with E-state index in [1.54, 1.807) is 23.4 Å². The van der Waals surface area contributed by atoms with Crippen LogP contribution in [0.15, 0.2) is 42.7 Å². The number of hydrazine groups is 1. The third-order valence-corrected chi connectivity index (χ3v) is 4.11. The molecule has 2 heterocycles. The van der Waals surface area contributed by atoms with E-state index in [4.69, 9.17) is 0 Å². The molecule has 0 spiro atoms. The molecule has 1 fully saturated rings. The van der Waals surface area contributed by atoms with Crippen molar-refractivity contribution in [2.45, 2.75) is 12.8 Å². The Morgan fingerprint density at radius 1 is 1.08 bits per heavy atom. The third kappa shape index (κ3) is 4.28. The van der Waals surface area contributed by atoms with E-state index in [9.17, 15) is 14.0 Å². The second kappa shape index (κ2) is 7.69. The van der Waals surface area contributed by atoms with Crippen LogP contribution < -0.4 is 10.9 Å². The minimum absolute atomic E-state index is 0.144. The van der Waals surface area contributed by atoms with Crippen LogP contribution in [0.2, 0.25) is 0 Å². The summed E-state index contributed by atoms with van der Waals surface area (Å²) in [5.74, 6) is -0.536. The summed E-state index contributed by atoms with van der Waals surface area (Å²) in [5, 5.41) is 0.